The molecule has 3 aromatic rings. The molecule has 0 bridgehead atoms. The van der Waals surface area contributed by atoms with Crippen molar-refractivity contribution in [2.75, 3.05) is 18.3 Å². The fourth-order valence-electron chi connectivity index (χ4n) is 3.86. The predicted octanol–water partition coefficient (Wildman–Crippen LogP) is 4.10. The zero-order valence-corrected chi connectivity index (χ0v) is 17.7. The van der Waals surface area contributed by atoms with Gasteiger partial charge >= 0.3 is 0 Å². The summed E-state index contributed by atoms with van der Waals surface area (Å²) in [5.74, 6) is 2.01. The van der Waals surface area contributed by atoms with Crippen molar-refractivity contribution in [2.24, 2.45) is 5.10 Å². The summed E-state index contributed by atoms with van der Waals surface area (Å²) >= 11 is 0. The Kier molecular flexibility index (Phi) is 5.37. The molecule has 0 saturated carbocycles. The second-order valence-electron chi connectivity index (χ2n) is 7.58. The van der Waals surface area contributed by atoms with Gasteiger partial charge in [-0.25, -0.2) is 5.43 Å². The summed E-state index contributed by atoms with van der Waals surface area (Å²) in [4.78, 5) is 14.9. The van der Waals surface area contributed by atoms with Crippen molar-refractivity contribution in [1.82, 2.24) is 5.43 Å². The van der Waals surface area contributed by atoms with E-state index in [1.165, 1.54) is 5.56 Å². The lowest BCUT2D eigenvalue weighted by molar-refractivity contribution is 0.0955. The van der Waals surface area contributed by atoms with Crippen molar-refractivity contribution in [1.29, 1.82) is 0 Å². The van der Waals surface area contributed by atoms with E-state index in [1.54, 1.807) is 6.21 Å². The molecule has 2 heterocycles. The highest BCUT2D eigenvalue weighted by Crippen LogP contribution is 2.32. The average Bonchev–Trinajstić information content (AvgIpc) is 3.45. The second-order valence-corrected chi connectivity index (χ2v) is 7.58. The molecule has 0 unspecified atom stereocenters. The molecule has 5 rings (SSSR count). The molecule has 2 aliphatic heterocycles. The third-order valence-electron chi connectivity index (χ3n) is 5.48. The molecule has 0 aliphatic carbocycles. The van der Waals surface area contributed by atoms with E-state index in [0.29, 0.717) is 23.7 Å². The van der Waals surface area contributed by atoms with Crippen LogP contribution >= 0.6 is 0 Å². The molecule has 3 aromatic carbocycles. The number of hydrogen-bond acceptors (Lipinski definition) is 6. The second kappa shape index (κ2) is 8.63. The molecule has 2 aliphatic rings. The lowest BCUT2D eigenvalue weighted by Gasteiger charge is -2.18. The highest BCUT2D eigenvalue weighted by atomic mass is 16.7. The van der Waals surface area contributed by atoms with Crippen molar-refractivity contribution < 1.29 is 19.0 Å². The molecule has 0 spiro atoms. The minimum Gasteiger partial charge on any atom is -0.494 e. The molecular formula is C25H23N3O4. The van der Waals surface area contributed by atoms with Gasteiger partial charge in [0.1, 0.15) is 5.75 Å². The third kappa shape index (κ3) is 4.09. The summed E-state index contributed by atoms with van der Waals surface area (Å²) < 4.78 is 16.2. The Morgan fingerprint density at radius 3 is 2.69 bits per heavy atom. The van der Waals surface area contributed by atoms with Crippen LogP contribution in [0.25, 0.3) is 0 Å². The zero-order valence-electron chi connectivity index (χ0n) is 17.7. The van der Waals surface area contributed by atoms with Gasteiger partial charge in [-0.15, -0.1) is 0 Å². The van der Waals surface area contributed by atoms with Gasteiger partial charge in [0.2, 0.25) is 6.79 Å². The van der Waals surface area contributed by atoms with Crippen LogP contribution in [0.3, 0.4) is 0 Å². The standard InChI is InChI=1S/C25H23N3O4/c1-2-30-22-8-6-21(7-9-22)28-14-19-5-4-18(12-20(19)15-28)25(29)27-26-13-17-3-10-23-24(11-17)32-16-31-23/h3-13H,2,14-16H2,1H3,(H,27,29)/b26-13-. The fraction of sp³-hybridized carbons (Fsp3) is 0.200. The lowest BCUT2D eigenvalue weighted by Crippen LogP contribution is -2.17. The van der Waals surface area contributed by atoms with Crippen molar-refractivity contribution in [3.8, 4) is 17.2 Å². The van der Waals surface area contributed by atoms with Crippen LogP contribution in [-0.4, -0.2) is 25.5 Å². The van der Waals surface area contributed by atoms with Crippen molar-refractivity contribution in [3.05, 3.63) is 82.9 Å². The van der Waals surface area contributed by atoms with Gasteiger partial charge in [0.15, 0.2) is 11.5 Å². The number of fused-ring (bicyclic) bond motifs is 2. The number of amides is 1. The van der Waals surface area contributed by atoms with Crippen LogP contribution in [0, 0.1) is 0 Å². The first kappa shape index (κ1) is 19.9. The summed E-state index contributed by atoms with van der Waals surface area (Å²) in [6.45, 7) is 4.42. The molecule has 1 N–H and O–H groups in total. The van der Waals surface area contributed by atoms with Crippen molar-refractivity contribution in [3.63, 3.8) is 0 Å². The summed E-state index contributed by atoms with van der Waals surface area (Å²) in [5.41, 5.74) is 7.49. The molecule has 162 valence electrons. The van der Waals surface area contributed by atoms with E-state index < -0.39 is 0 Å². The smallest absolute Gasteiger partial charge is 0.271 e. The van der Waals surface area contributed by atoms with E-state index >= 15 is 0 Å². The maximum absolute atomic E-state index is 12.6. The molecule has 0 saturated heterocycles. The van der Waals surface area contributed by atoms with Crippen LogP contribution in [-0.2, 0) is 13.1 Å². The first-order valence-electron chi connectivity index (χ1n) is 10.5. The van der Waals surface area contributed by atoms with Gasteiger partial charge in [-0.3, -0.25) is 4.79 Å². The van der Waals surface area contributed by atoms with Gasteiger partial charge in [0, 0.05) is 24.3 Å². The number of hydrazone groups is 1. The van der Waals surface area contributed by atoms with E-state index in [2.05, 4.69) is 27.6 Å². The number of rotatable bonds is 6. The minimum atomic E-state index is -0.246. The Morgan fingerprint density at radius 1 is 1.03 bits per heavy atom. The normalized spacial score (nSPS) is 14.0. The molecule has 7 heteroatoms. The van der Waals surface area contributed by atoms with Crippen LogP contribution in [0.2, 0.25) is 0 Å². The van der Waals surface area contributed by atoms with E-state index in [4.69, 9.17) is 14.2 Å². The Bertz CT molecular complexity index is 1170. The topological polar surface area (TPSA) is 72.4 Å². The van der Waals surface area contributed by atoms with Crippen molar-refractivity contribution in [2.45, 2.75) is 20.0 Å². The monoisotopic (exact) mass is 429 g/mol. The Hall–Kier alpha value is -4.00. The minimum absolute atomic E-state index is 0.223. The maximum Gasteiger partial charge on any atom is 0.271 e. The van der Waals surface area contributed by atoms with Crippen LogP contribution in [0.5, 0.6) is 17.2 Å². The first-order chi connectivity index (χ1) is 15.7. The number of carbonyl (C=O) groups excluding carboxylic acids is 1. The predicted molar refractivity (Wildman–Crippen MR) is 122 cm³/mol. The lowest BCUT2D eigenvalue weighted by atomic mass is 10.1. The Labute approximate surface area is 186 Å². The molecule has 0 aromatic heterocycles. The average molecular weight is 429 g/mol. The van der Waals surface area contributed by atoms with E-state index in [0.717, 1.165) is 35.7 Å². The van der Waals surface area contributed by atoms with Gasteiger partial charge in [0.25, 0.3) is 5.91 Å². The van der Waals surface area contributed by atoms with Gasteiger partial charge in [-0.05, 0) is 78.2 Å². The molecule has 32 heavy (non-hydrogen) atoms. The van der Waals surface area contributed by atoms with Crippen LogP contribution in [0.4, 0.5) is 5.69 Å². The Morgan fingerprint density at radius 2 is 1.84 bits per heavy atom. The summed E-state index contributed by atoms with van der Waals surface area (Å²) in [6.07, 6.45) is 1.58. The third-order valence-corrected chi connectivity index (χ3v) is 5.48. The number of ether oxygens (including phenoxy) is 3. The Balaban J connectivity index is 1.22. The number of anilines is 1. The molecule has 0 radical (unpaired) electrons. The highest BCUT2D eigenvalue weighted by Gasteiger charge is 2.21. The number of nitrogens with one attached hydrogen (secondary N) is 1. The van der Waals surface area contributed by atoms with Crippen LogP contribution in [0.1, 0.15) is 34.0 Å². The molecule has 7 nitrogen and oxygen atoms in total. The summed E-state index contributed by atoms with van der Waals surface area (Å²) in [5, 5.41) is 4.08. The quantitative estimate of drug-likeness (QED) is 0.472. The van der Waals surface area contributed by atoms with Gasteiger partial charge in [0.05, 0.1) is 12.8 Å². The largest absolute Gasteiger partial charge is 0.494 e. The summed E-state index contributed by atoms with van der Waals surface area (Å²) in [6, 6.07) is 19.4. The number of benzene rings is 3. The molecule has 0 fully saturated rings. The molecule has 1 amide bonds. The van der Waals surface area contributed by atoms with Crippen molar-refractivity contribution >= 4 is 17.8 Å². The highest BCUT2D eigenvalue weighted by molar-refractivity contribution is 5.95. The van der Waals surface area contributed by atoms with Crippen LogP contribution < -0.4 is 24.5 Å². The SMILES string of the molecule is CCOc1ccc(N2Cc3ccc(C(=O)N/N=C\c4ccc5c(c4)OCO5)cc3C2)cc1. The summed E-state index contributed by atoms with van der Waals surface area (Å²) in [7, 11) is 0. The molecule has 0 atom stereocenters. The zero-order chi connectivity index (χ0) is 21.9. The number of hydrogen-bond donors (Lipinski definition) is 1. The molecular weight excluding hydrogens is 406 g/mol. The maximum atomic E-state index is 12.6. The number of carbonyl (C=O) groups is 1. The van der Waals surface area contributed by atoms with Gasteiger partial charge < -0.3 is 19.1 Å². The first-order valence-corrected chi connectivity index (χ1v) is 10.5. The van der Waals surface area contributed by atoms with E-state index in [9.17, 15) is 4.79 Å². The van der Waals surface area contributed by atoms with E-state index in [1.807, 2.05) is 55.5 Å². The fourth-order valence-corrected chi connectivity index (χ4v) is 3.86. The van der Waals surface area contributed by atoms with Crippen LogP contribution in [0.15, 0.2) is 65.8 Å². The van der Waals surface area contributed by atoms with Gasteiger partial charge in [-0.1, -0.05) is 6.07 Å². The number of nitrogens with zero attached hydrogens (tertiary/aromatic N) is 2. The van der Waals surface area contributed by atoms with Gasteiger partial charge in [-0.2, -0.15) is 5.10 Å². The van der Waals surface area contributed by atoms with E-state index in [-0.39, 0.29) is 12.7 Å².